The number of aromatic nitrogens is 2. The summed E-state index contributed by atoms with van der Waals surface area (Å²) in [5.41, 5.74) is 8.58. The first-order chi connectivity index (χ1) is 9.58. The summed E-state index contributed by atoms with van der Waals surface area (Å²) in [6.07, 6.45) is 4.06. The Hall–Kier alpha value is -1.53. The van der Waals surface area contributed by atoms with Crippen LogP contribution in [0.15, 0.2) is 24.5 Å². The molecule has 0 aliphatic carbocycles. The number of amides is 1. The van der Waals surface area contributed by atoms with Crippen LogP contribution in [0.1, 0.15) is 18.2 Å². The largest absolute Gasteiger partial charge is 0.352 e. The molecule has 0 radical (unpaired) electrons. The number of nitrogens with two attached hydrogens (primary N) is 1. The van der Waals surface area contributed by atoms with Gasteiger partial charge in [-0.2, -0.15) is 0 Å². The molecular weight excluding hydrogens is 272 g/mol. The Bertz CT molecular complexity index is 596. The van der Waals surface area contributed by atoms with Gasteiger partial charge in [-0.3, -0.25) is 4.79 Å². The number of nitrogens with one attached hydrogen (secondary N) is 1. The summed E-state index contributed by atoms with van der Waals surface area (Å²) in [7, 11) is 0. The van der Waals surface area contributed by atoms with Crippen LogP contribution in [-0.2, 0) is 10.5 Å². The number of carbonyl (C=O) groups is 1. The van der Waals surface area contributed by atoms with Gasteiger partial charge in [-0.05, 0) is 25.5 Å². The third kappa shape index (κ3) is 3.98. The standard InChI is InChI=1S/C14H20N4OS/c1-10-3-4-13-17-12(7-18(13)6-10)8-20-9-14(19)16-11(2)5-15/h3-4,6-7,11H,5,8-9,15H2,1-2H3,(H,16,19)/t11-/m0/s1. The molecule has 2 aromatic heterocycles. The van der Waals surface area contributed by atoms with Crippen molar-refractivity contribution in [2.75, 3.05) is 12.3 Å². The molecule has 3 N–H and O–H groups in total. The first-order valence-electron chi connectivity index (χ1n) is 6.60. The predicted octanol–water partition coefficient (Wildman–Crippen LogP) is 1.34. The lowest BCUT2D eigenvalue weighted by molar-refractivity contribution is -0.119. The van der Waals surface area contributed by atoms with Gasteiger partial charge in [0.2, 0.25) is 5.91 Å². The molecule has 20 heavy (non-hydrogen) atoms. The maximum absolute atomic E-state index is 11.6. The summed E-state index contributed by atoms with van der Waals surface area (Å²) >= 11 is 1.56. The van der Waals surface area contributed by atoms with E-state index in [-0.39, 0.29) is 11.9 Å². The van der Waals surface area contributed by atoms with Gasteiger partial charge in [0.1, 0.15) is 5.65 Å². The zero-order valence-corrected chi connectivity index (χ0v) is 12.6. The fourth-order valence-electron chi connectivity index (χ4n) is 1.85. The molecule has 0 aliphatic heterocycles. The highest BCUT2D eigenvalue weighted by atomic mass is 32.2. The van der Waals surface area contributed by atoms with Crippen molar-refractivity contribution in [3.05, 3.63) is 35.8 Å². The fourth-order valence-corrected chi connectivity index (χ4v) is 2.57. The molecule has 0 aliphatic rings. The smallest absolute Gasteiger partial charge is 0.230 e. The molecule has 6 heteroatoms. The second kappa shape index (κ2) is 6.76. The number of pyridine rings is 1. The zero-order valence-electron chi connectivity index (χ0n) is 11.8. The minimum Gasteiger partial charge on any atom is -0.352 e. The molecule has 2 aromatic rings. The molecule has 0 fully saturated rings. The molecular formula is C14H20N4OS. The van der Waals surface area contributed by atoms with E-state index >= 15 is 0 Å². The van der Waals surface area contributed by atoms with Crippen LogP contribution in [0, 0.1) is 6.92 Å². The maximum Gasteiger partial charge on any atom is 0.230 e. The highest BCUT2D eigenvalue weighted by Crippen LogP contribution is 2.13. The van der Waals surface area contributed by atoms with Gasteiger partial charge in [-0.25, -0.2) is 4.98 Å². The second-order valence-electron chi connectivity index (χ2n) is 4.90. The number of hydrogen-bond acceptors (Lipinski definition) is 4. The Morgan fingerprint density at radius 2 is 2.30 bits per heavy atom. The molecule has 0 bridgehead atoms. The van der Waals surface area contributed by atoms with Crippen molar-refractivity contribution in [3.8, 4) is 0 Å². The number of hydrogen-bond donors (Lipinski definition) is 2. The Kier molecular flexibility index (Phi) is 5.03. The molecule has 0 unspecified atom stereocenters. The van der Waals surface area contributed by atoms with Crippen LogP contribution in [0.2, 0.25) is 0 Å². The molecule has 0 saturated heterocycles. The zero-order chi connectivity index (χ0) is 14.5. The lowest BCUT2D eigenvalue weighted by Crippen LogP contribution is -2.38. The van der Waals surface area contributed by atoms with Gasteiger partial charge in [0, 0.05) is 30.7 Å². The van der Waals surface area contributed by atoms with Crippen LogP contribution in [0.25, 0.3) is 5.65 Å². The van der Waals surface area contributed by atoms with E-state index in [1.165, 1.54) is 5.56 Å². The normalized spacial score (nSPS) is 12.6. The Morgan fingerprint density at radius 3 is 3.05 bits per heavy atom. The number of thioether (sulfide) groups is 1. The van der Waals surface area contributed by atoms with E-state index in [2.05, 4.69) is 17.2 Å². The number of nitrogens with zero attached hydrogens (tertiary/aromatic N) is 2. The van der Waals surface area contributed by atoms with Crippen LogP contribution >= 0.6 is 11.8 Å². The Balaban J connectivity index is 1.85. The number of aryl methyl sites for hydroxylation is 1. The molecule has 1 atom stereocenters. The van der Waals surface area contributed by atoms with Gasteiger partial charge in [0.05, 0.1) is 11.4 Å². The Morgan fingerprint density at radius 1 is 1.50 bits per heavy atom. The van der Waals surface area contributed by atoms with Crippen molar-refractivity contribution >= 4 is 23.3 Å². The van der Waals surface area contributed by atoms with Gasteiger partial charge in [-0.15, -0.1) is 11.8 Å². The van der Waals surface area contributed by atoms with Gasteiger partial charge < -0.3 is 15.5 Å². The molecule has 0 saturated carbocycles. The van der Waals surface area contributed by atoms with E-state index < -0.39 is 0 Å². The fraction of sp³-hybridized carbons (Fsp3) is 0.429. The molecule has 1 amide bonds. The van der Waals surface area contributed by atoms with E-state index in [9.17, 15) is 4.79 Å². The van der Waals surface area contributed by atoms with Crippen LogP contribution in [-0.4, -0.2) is 33.6 Å². The maximum atomic E-state index is 11.6. The van der Waals surface area contributed by atoms with Gasteiger partial charge in [0.25, 0.3) is 0 Å². The van der Waals surface area contributed by atoms with Gasteiger partial charge >= 0.3 is 0 Å². The molecule has 5 nitrogen and oxygen atoms in total. The van der Waals surface area contributed by atoms with Crippen molar-refractivity contribution in [2.45, 2.75) is 25.6 Å². The van der Waals surface area contributed by atoms with E-state index in [4.69, 9.17) is 5.73 Å². The average molecular weight is 292 g/mol. The van der Waals surface area contributed by atoms with E-state index in [0.717, 1.165) is 17.1 Å². The third-order valence-corrected chi connectivity index (χ3v) is 3.86. The lowest BCUT2D eigenvalue weighted by Gasteiger charge is -2.10. The Labute approximate surface area is 122 Å². The van der Waals surface area contributed by atoms with Crippen molar-refractivity contribution in [3.63, 3.8) is 0 Å². The van der Waals surface area contributed by atoms with Crippen molar-refractivity contribution < 1.29 is 4.79 Å². The first kappa shape index (κ1) is 14.9. The summed E-state index contributed by atoms with van der Waals surface area (Å²) < 4.78 is 2.02. The van der Waals surface area contributed by atoms with E-state index in [0.29, 0.717) is 12.3 Å². The minimum absolute atomic E-state index is 0.0209. The summed E-state index contributed by atoms with van der Waals surface area (Å²) in [5, 5.41) is 2.84. The average Bonchev–Trinajstić information content (AvgIpc) is 2.80. The van der Waals surface area contributed by atoms with Crippen molar-refractivity contribution in [1.82, 2.24) is 14.7 Å². The van der Waals surface area contributed by atoms with Crippen LogP contribution < -0.4 is 11.1 Å². The molecule has 2 heterocycles. The highest BCUT2D eigenvalue weighted by molar-refractivity contribution is 7.99. The number of carbonyl (C=O) groups excluding carboxylic acids is 1. The molecule has 0 spiro atoms. The van der Waals surface area contributed by atoms with E-state index in [1.54, 1.807) is 11.8 Å². The highest BCUT2D eigenvalue weighted by Gasteiger charge is 2.07. The minimum atomic E-state index is 0.0209. The molecule has 0 aromatic carbocycles. The van der Waals surface area contributed by atoms with Crippen molar-refractivity contribution in [2.24, 2.45) is 5.73 Å². The quantitative estimate of drug-likeness (QED) is 0.843. The van der Waals surface area contributed by atoms with Gasteiger partial charge in [-0.1, -0.05) is 6.07 Å². The molecule has 2 rings (SSSR count). The van der Waals surface area contributed by atoms with E-state index in [1.807, 2.05) is 35.9 Å². The topological polar surface area (TPSA) is 72.4 Å². The summed E-state index contributed by atoms with van der Waals surface area (Å²) in [4.78, 5) is 16.1. The number of imidazole rings is 1. The lowest BCUT2D eigenvalue weighted by atomic mass is 10.3. The molecule has 108 valence electrons. The summed E-state index contributed by atoms with van der Waals surface area (Å²) in [5.74, 6) is 1.18. The second-order valence-corrected chi connectivity index (χ2v) is 5.89. The first-order valence-corrected chi connectivity index (χ1v) is 7.75. The number of rotatable bonds is 6. The summed E-state index contributed by atoms with van der Waals surface area (Å²) in [6.45, 7) is 4.41. The number of fused-ring (bicyclic) bond motifs is 1. The van der Waals surface area contributed by atoms with Crippen LogP contribution in [0.5, 0.6) is 0 Å². The summed E-state index contributed by atoms with van der Waals surface area (Å²) in [6, 6.07) is 4.07. The van der Waals surface area contributed by atoms with Crippen LogP contribution in [0.3, 0.4) is 0 Å². The van der Waals surface area contributed by atoms with Crippen molar-refractivity contribution in [1.29, 1.82) is 0 Å². The SMILES string of the molecule is Cc1ccc2nc(CSCC(=O)N[C@@H](C)CN)cn2c1. The predicted molar refractivity (Wildman–Crippen MR) is 82.8 cm³/mol. The van der Waals surface area contributed by atoms with Crippen LogP contribution in [0.4, 0.5) is 0 Å². The monoisotopic (exact) mass is 292 g/mol. The van der Waals surface area contributed by atoms with Gasteiger partial charge in [0.15, 0.2) is 0 Å². The third-order valence-electron chi connectivity index (χ3n) is 2.89.